The third-order valence-electron chi connectivity index (χ3n) is 1.89. The van der Waals surface area contributed by atoms with Crippen LogP contribution in [0.25, 0.3) is 10.1 Å². The molecule has 0 unspecified atom stereocenters. The van der Waals surface area contributed by atoms with E-state index in [9.17, 15) is 0 Å². The third kappa shape index (κ3) is 1.50. The predicted molar refractivity (Wildman–Crippen MR) is 60.5 cm³/mol. The summed E-state index contributed by atoms with van der Waals surface area (Å²) in [5.41, 5.74) is 0.761. The fraction of sp³-hybridized carbons (Fsp3) is 0.111. The van der Waals surface area contributed by atoms with Gasteiger partial charge in [-0.05, 0) is 22.9 Å². The molecule has 1 N–H and O–H groups in total. The fourth-order valence-corrected chi connectivity index (χ4v) is 3.15. The zero-order chi connectivity index (χ0) is 9.42. The minimum Gasteiger partial charge on any atom is -0.392 e. The van der Waals surface area contributed by atoms with Crippen LogP contribution in [0.5, 0.6) is 0 Å². The molecule has 13 heavy (non-hydrogen) atoms. The smallest absolute Gasteiger partial charge is 0.0708 e. The van der Waals surface area contributed by atoms with Gasteiger partial charge < -0.3 is 5.11 Å². The largest absolute Gasteiger partial charge is 0.392 e. The van der Waals surface area contributed by atoms with Gasteiger partial charge in [-0.3, -0.25) is 0 Å². The number of aliphatic hydroxyl groups is 1. The van der Waals surface area contributed by atoms with Crippen LogP contribution in [0.15, 0.2) is 22.0 Å². The van der Waals surface area contributed by atoms with Crippen molar-refractivity contribution < 1.29 is 5.11 Å². The molecule has 0 aliphatic heterocycles. The van der Waals surface area contributed by atoms with Gasteiger partial charge in [0.1, 0.15) is 0 Å². The standard InChI is InChI=1S/C9H6BrClOS/c10-7-3-5-1-2-13-9(5)8(11)6(7)4-12/h1-3,12H,4H2. The molecule has 0 saturated carbocycles. The van der Waals surface area contributed by atoms with Crippen LogP contribution in [-0.2, 0) is 6.61 Å². The second-order valence-electron chi connectivity index (χ2n) is 2.65. The molecule has 2 rings (SSSR count). The van der Waals surface area contributed by atoms with Gasteiger partial charge in [0.2, 0.25) is 0 Å². The van der Waals surface area contributed by atoms with E-state index in [1.165, 1.54) is 0 Å². The van der Waals surface area contributed by atoms with Crippen molar-refractivity contribution in [3.05, 3.63) is 32.6 Å². The third-order valence-corrected chi connectivity index (χ3v) is 4.07. The number of hydrogen-bond donors (Lipinski definition) is 1. The SMILES string of the molecule is OCc1c(Br)cc2ccsc2c1Cl. The maximum Gasteiger partial charge on any atom is 0.0708 e. The Balaban J connectivity index is 2.85. The predicted octanol–water partition coefficient (Wildman–Crippen LogP) is 3.81. The Hall–Kier alpha value is -0.0900. The van der Waals surface area contributed by atoms with Crippen LogP contribution >= 0.6 is 38.9 Å². The van der Waals surface area contributed by atoms with E-state index in [4.69, 9.17) is 16.7 Å². The molecular formula is C9H6BrClOS. The quantitative estimate of drug-likeness (QED) is 0.840. The summed E-state index contributed by atoms with van der Waals surface area (Å²) in [5, 5.41) is 12.8. The Morgan fingerprint density at radius 1 is 1.54 bits per heavy atom. The maximum atomic E-state index is 9.09. The molecule has 1 aromatic carbocycles. The summed E-state index contributed by atoms with van der Waals surface area (Å²) >= 11 is 11.1. The number of thiophene rings is 1. The molecule has 0 radical (unpaired) electrons. The lowest BCUT2D eigenvalue weighted by Crippen LogP contribution is -1.86. The van der Waals surface area contributed by atoms with E-state index in [-0.39, 0.29) is 6.61 Å². The van der Waals surface area contributed by atoms with Gasteiger partial charge in [-0.25, -0.2) is 0 Å². The molecule has 0 atom stereocenters. The van der Waals surface area contributed by atoms with Crippen LogP contribution in [-0.4, -0.2) is 5.11 Å². The van der Waals surface area contributed by atoms with Crippen molar-refractivity contribution in [3.8, 4) is 0 Å². The lowest BCUT2D eigenvalue weighted by atomic mass is 10.2. The van der Waals surface area contributed by atoms with Crippen molar-refractivity contribution >= 4 is 49.0 Å². The molecular weight excluding hydrogens is 272 g/mol. The van der Waals surface area contributed by atoms with Gasteiger partial charge in [0.05, 0.1) is 16.3 Å². The minimum absolute atomic E-state index is 0.0345. The highest BCUT2D eigenvalue weighted by Crippen LogP contribution is 2.36. The summed E-state index contributed by atoms with van der Waals surface area (Å²) in [5.74, 6) is 0. The highest BCUT2D eigenvalue weighted by Gasteiger charge is 2.09. The van der Waals surface area contributed by atoms with Crippen LogP contribution in [0.1, 0.15) is 5.56 Å². The van der Waals surface area contributed by atoms with E-state index in [0.29, 0.717) is 5.02 Å². The lowest BCUT2D eigenvalue weighted by molar-refractivity contribution is 0.281. The number of benzene rings is 1. The summed E-state index contributed by atoms with van der Waals surface area (Å²) in [4.78, 5) is 0. The summed E-state index contributed by atoms with van der Waals surface area (Å²) in [7, 11) is 0. The van der Waals surface area contributed by atoms with Crippen molar-refractivity contribution in [2.75, 3.05) is 0 Å². The summed E-state index contributed by atoms with van der Waals surface area (Å²) in [6.07, 6.45) is 0. The Bertz CT molecular complexity index is 452. The number of hydrogen-bond acceptors (Lipinski definition) is 2. The molecule has 2 aromatic rings. The van der Waals surface area contributed by atoms with Gasteiger partial charge in [-0.15, -0.1) is 11.3 Å². The van der Waals surface area contributed by atoms with Gasteiger partial charge in [0.25, 0.3) is 0 Å². The highest BCUT2D eigenvalue weighted by atomic mass is 79.9. The second-order valence-corrected chi connectivity index (χ2v) is 4.80. The first-order valence-electron chi connectivity index (χ1n) is 3.69. The minimum atomic E-state index is -0.0345. The summed E-state index contributed by atoms with van der Waals surface area (Å²) in [6.45, 7) is -0.0345. The second kappa shape index (κ2) is 3.58. The summed E-state index contributed by atoms with van der Waals surface area (Å²) < 4.78 is 1.90. The van der Waals surface area contributed by atoms with Crippen LogP contribution in [0, 0.1) is 0 Å². The van der Waals surface area contributed by atoms with Crippen LogP contribution in [0.4, 0.5) is 0 Å². The first-order chi connectivity index (χ1) is 6.24. The molecule has 68 valence electrons. The molecule has 0 bridgehead atoms. The number of aliphatic hydroxyl groups excluding tert-OH is 1. The molecule has 1 nitrogen and oxygen atoms in total. The van der Waals surface area contributed by atoms with Crippen LogP contribution < -0.4 is 0 Å². The zero-order valence-electron chi connectivity index (χ0n) is 6.55. The van der Waals surface area contributed by atoms with E-state index in [1.54, 1.807) is 11.3 Å². The average Bonchev–Trinajstić information content (AvgIpc) is 2.53. The van der Waals surface area contributed by atoms with Gasteiger partial charge in [0.15, 0.2) is 0 Å². The molecule has 0 spiro atoms. The molecule has 1 aromatic heterocycles. The van der Waals surface area contributed by atoms with Gasteiger partial charge in [-0.2, -0.15) is 0 Å². The molecule has 1 heterocycles. The molecule has 0 fully saturated rings. The number of fused-ring (bicyclic) bond motifs is 1. The monoisotopic (exact) mass is 276 g/mol. The summed E-state index contributed by atoms with van der Waals surface area (Å²) in [6, 6.07) is 3.99. The first kappa shape index (κ1) is 9.46. The number of rotatable bonds is 1. The lowest BCUT2D eigenvalue weighted by Gasteiger charge is -2.04. The van der Waals surface area contributed by atoms with Crippen molar-refractivity contribution in [1.82, 2.24) is 0 Å². The molecule has 0 amide bonds. The Labute approximate surface area is 93.1 Å². The Morgan fingerprint density at radius 3 is 3.00 bits per heavy atom. The van der Waals surface area contributed by atoms with Crippen molar-refractivity contribution in [2.24, 2.45) is 0 Å². The van der Waals surface area contributed by atoms with E-state index < -0.39 is 0 Å². The maximum absolute atomic E-state index is 9.09. The van der Waals surface area contributed by atoms with Gasteiger partial charge in [-0.1, -0.05) is 27.5 Å². The number of halogens is 2. The zero-order valence-corrected chi connectivity index (χ0v) is 9.71. The fourth-order valence-electron chi connectivity index (χ4n) is 1.22. The molecule has 0 saturated heterocycles. The normalized spacial score (nSPS) is 11.0. The van der Waals surface area contributed by atoms with Gasteiger partial charge >= 0.3 is 0 Å². The van der Waals surface area contributed by atoms with E-state index >= 15 is 0 Å². The highest BCUT2D eigenvalue weighted by molar-refractivity contribution is 9.10. The van der Waals surface area contributed by atoms with Crippen molar-refractivity contribution in [3.63, 3.8) is 0 Å². The molecule has 0 aliphatic carbocycles. The Kier molecular flexibility index (Phi) is 2.60. The van der Waals surface area contributed by atoms with E-state index in [2.05, 4.69) is 15.9 Å². The molecule has 0 aliphatic rings. The average molecular weight is 278 g/mol. The Morgan fingerprint density at radius 2 is 2.31 bits per heavy atom. The van der Waals surface area contributed by atoms with E-state index in [1.807, 2.05) is 17.5 Å². The van der Waals surface area contributed by atoms with Crippen LogP contribution in [0.3, 0.4) is 0 Å². The van der Waals surface area contributed by atoms with Gasteiger partial charge in [0, 0.05) is 10.0 Å². The van der Waals surface area contributed by atoms with Crippen molar-refractivity contribution in [1.29, 1.82) is 0 Å². The first-order valence-corrected chi connectivity index (χ1v) is 5.74. The molecule has 4 heteroatoms. The van der Waals surface area contributed by atoms with E-state index in [0.717, 1.165) is 20.1 Å². The topological polar surface area (TPSA) is 20.2 Å². The van der Waals surface area contributed by atoms with Crippen molar-refractivity contribution in [2.45, 2.75) is 6.61 Å². The van der Waals surface area contributed by atoms with Crippen LogP contribution in [0.2, 0.25) is 5.02 Å².